The number of anilines is 1. The fourth-order valence-corrected chi connectivity index (χ4v) is 3.70. The molecule has 1 aliphatic rings. The van der Waals surface area contributed by atoms with Crippen LogP contribution in [0.15, 0.2) is 91.5 Å². The lowest BCUT2D eigenvalue weighted by molar-refractivity contribution is 0.0572. The van der Waals surface area contributed by atoms with Gasteiger partial charge in [0.1, 0.15) is 18.0 Å². The number of benzene rings is 3. The van der Waals surface area contributed by atoms with Gasteiger partial charge >= 0.3 is 0 Å². The molecule has 0 saturated carbocycles. The van der Waals surface area contributed by atoms with E-state index in [0.717, 1.165) is 22.6 Å². The highest BCUT2D eigenvalue weighted by atomic mass is 16.5. The van der Waals surface area contributed by atoms with Crippen LogP contribution in [0.4, 0.5) is 5.69 Å². The lowest BCUT2D eigenvalue weighted by Crippen LogP contribution is -2.55. The third-order valence-electron chi connectivity index (χ3n) is 5.30. The van der Waals surface area contributed by atoms with Gasteiger partial charge in [-0.25, -0.2) is 0 Å². The van der Waals surface area contributed by atoms with Crippen molar-refractivity contribution in [3.63, 3.8) is 0 Å². The van der Waals surface area contributed by atoms with Gasteiger partial charge in [-0.1, -0.05) is 60.7 Å². The molecule has 0 spiro atoms. The molecule has 4 rings (SSSR count). The van der Waals surface area contributed by atoms with Crippen LogP contribution >= 0.6 is 0 Å². The summed E-state index contributed by atoms with van der Waals surface area (Å²) in [4.78, 5) is 14.9. The average Bonchev–Trinajstić information content (AvgIpc) is 2.76. The summed E-state index contributed by atoms with van der Waals surface area (Å²) < 4.78 is 5.90. The number of para-hydroxylation sites is 1. The van der Waals surface area contributed by atoms with Crippen molar-refractivity contribution < 1.29 is 9.53 Å². The van der Waals surface area contributed by atoms with Gasteiger partial charge in [-0.2, -0.15) is 0 Å². The molecule has 3 aromatic carbocycles. The standard InChI is InChI=1S/C25H24N2O2/c1-3-17-27-24(28)22-11-7-8-12-23(22)26-25(27,2)20-13-15-21(16-14-20)29-18-19-9-5-4-6-10-19/h3-16,26H,1,17-18H2,2H3. The number of ether oxygens (including phenoxy) is 1. The van der Waals surface area contributed by atoms with E-state index in [4.69, 9.17) is 4.74 Å². The summed E-state index contributed by atoms with van der Waals surface area (Å²) in [6.07, 6.45) is 1.75. The molecule has 0 bridgehead atoms. The number of fused-ring (bicyclic) bond motifs is 1. The first-order chi connectivity index (χ1) is 14.1. The zero-order valence-electron chi connectivity index (χ0n) is 16.5. The van der Waals surface area contributed by atoms with Crippen LogP contribution in [0.1, 0.15) is 28.4 Å². The molecule has 0 fully saturated rings. The summed E-state index contributed by atoms with van der Waals surface area (Å²) in [5.74, 6) is 0.783. The van der Waals surface area contributed by atoms with Crippen LogP contribution in [0.2, 0.25) is 0 Å². The van der Waals surface area contributed by atoms with E-state index in [1.807, 2.05) is 90.7 Å². The number of hydrogen-bond donors (Lipinski definition) is 1. The quantitative estimate of drug-likeness (QED) is 0.595. The van der Waals surface area contributed by atoms with Crippen LogP contribution in [-0.2, 0) is 12.3 Å². The molecule has 1 atom stereocenters. The van der Waals surface area contributed by atoms with Crippen LogP contribution in [0.3, 0.4) is 0 Å². The van der Waals surface area contributed by atoms with Gasteiger partial charge in [0, 0.05) is 12.2 Å². The number of nitrogens with one attached hydrogen (secondary N) is 1. The van der Waals surface area contributed by atoms with Crippen molar-refractivity contribution in [2.45, 2.75) is 19.2 Å². The molecule has 0 radical (unpaired) electrons. The van der Waals surface area contributed by atoms with E-state index in [-0.39, 0.29) is 5.91 Å². The largest absolute Gasteiger partial charge is 0.489 e. The summed E-state index contributed by atoms with van der Waals surface area (Å²) in [5, 5.41) is 3.55. The molecule has 1 unspecified atom stereocenters. The highest BCUT2D eigenvalue weighted by Crippen LogP contribution is 2.38. The highest BCUT2D eigenvalue weighted by Gasteiger charge is 2.41. The number of hydrogen-bond acceptors (Lipinski definition) is 3. The molecule has 4 heteroatoms. The van der Waals surface area contributed by atoms with Gasteiger partial charge in [-0.05, 0) is 42.3 Å². The van der Waals surface area contributed by atoms with Crippen molar-refractivity contribution in [1.82, 2.24) is 4.90 Å². The van der Waals surface area contributed by atoms with Crippen molar-refractivity contribution in [2.24, 2.45) is 0 Å². The number of rotatable bonds is 6. The van der Waals surface area contributed by atoms with Crippen molar-refractivity contribution in [3.05, 3.63) is 108 Å². The van der Waals surface area contributed by atoms with Crippen LogP contribution in [0.5, 0.6) is 5.75 Å². The lowest BCUT2D eigenvalue weighted by atomic mass is 9.93. The third-order valence-corrected chi connectivity index (χ3v) is 5.30. The minimum absolute atomic E-state index is 0.00819. The second kappa shape index (κ2) is 7.84. The second-order valence-corrected chi connectivity index (χ2v) is 7.25. The summed E-state index contributed by atoms with van der Waals surface area (Å²) in [5.41, 5.74) is 2.93. The van der Waals surface area contributed by atoms with Gasteiger partial charge in [0.25, 0.3) is 5.91 Å². The summed E-state index contributed by atoms with van der Waals surface area (Å²) in [7, 11) is 0. The summed E-state index contributed by atoms with van der Waals surface area (Å²) >= 11 is 0. The molecule has 1 aliphatic heterocycles. The Hall–Kier alpha value is -3.53. The number of carbonyl (C=O) groups excluding carboxylic acids is 1. The van der Waals surface area contributed by atoms with Crippen molar-refractivity contribution in [1.29, 1.82) is 0 Å². The summed E-state index contributed by atoms with van der Waals surface area (Å²) in [6.45, 7) is 6.81. The van der Waals surface area contributed by atoms with E-state index < -0.39 is 5.66 Å². The molecule has 3 aromatic rings. The average molecular weight is 384 g/mol. The maximum Gasteiger partial charge on any atom is 0.258 e. The Morgan fingerprint density at radius 1 is 1.00 bits per heavy atom. The normalized spacial score (nSPS) is 18.0. The Balaban J connectivity index is 1.60. The van der Waals surface area contributed by atoms with Crippen molar-refractivity contribution in [2.75, 3.05) is 11.9 Å². The molecular formula is C25H24N2O2. The van der Waals surface area contributed by atoms with Gasteiger partial charge in [-0.15, -0.1) is 6.58 Å². The van der Waals surface area contributed by atoms with E-state index in [1.165, 1.54) is 0 Å². The fourth-order valence-electron chi connectivity index (χ4n) is 3.70. The first kappa shape index (κ1) is 18.8. The molecule has 1 heterocycles. The minimum atomic E-state index is -0.683. The third kappa shape index (κ3) is 3.61. The number of amides is 1. The number of nitrogens with zero attached hydrogens (tertiary/aromatic N) is 1. The van der Waals surface area contributed by atoms with Crippen LogP contribution in [-0.4, -0.2) is 17.4 Å². The molecule has 0 saturated heterocycles. The minimum Gasteiger partial charge on any atom is -0.489 e. The predicted octanol–water partition coefficient (Wildman–Crippen LogP) is 5.19. The van der Waals surface area contributed by atoms with Crippen LogP contribution in [0.25, 0.3) is 0 Å². The SMILES string of the molecule is C=CCN1C(=O)c2ccccc2NC1(C)c1ccc(OCc2ccccc2)cc1. The highest BCUT2D eigenvalue weighted by molar-refractivity contribution is 6.02. The molecule has 1 amide bonds. The molecule has 146 valence electrons. The Morgan fingerprint density at radius 2 is 1.69 bits per heavy atom. The predicted molar refractivity (Wildman–Crippen MR) is 116 cm³/mol. The molecular weight excluding hydrogens is 360 g/mol. The Kier molecular flexibility index (Phi) is 5.09. The molecule has 0 aliphatic carbocycles. The molecule has 1 N–H and O–H groups in total. The van der Waals surface area contributed by atoms with Crippen LogP contribution in [0, 0.1) is 0 Å². The van der Waals surface area contributed by atoms with Gasteiger partial charge in [0.2, 0.25) is 0 Å². The van der Waals surface area contributed by atoms with Gasteiger partial charge in [0.05, 0.1) is 5.56 Å². The fraction of sp³-hybridized carbons (Fsp3) is 0.160. The second-order valence-electron chi connectivity index (χ2n) is 7.25. The zero-order valence-corrected chi connectivity index (χ0v) is 16.5. The molecule has 29 heavy (non-hydrogen) atoms. The first-order valence-electron chi connectivity index (χ1n) is 9.69. The van der Waals surface area contributed by atoms with Crippen molar-refractivity contribution >= 4 is 11.6 Å². The van der Waals surface area contributed by atoms with E-state index in [2.05, 4.69) is 11.9 Å². The van der Waals surface area contributed by atoms with Gasteiger partial charge in [-0.3, -0.25) is 4.79 Å². The van der Waals surface area contributed by atoms with Gasteiger partial charge < -0.3 is 15.0 Å². The first-order valence-corrected chi connectivity index (χ1v) is 9.69. The van der Waals surface area contributed by atoms with Gasteiger partial charge in [0.15, 0.2) is 0 Å². The van der Waals surface area contributed by atoms with Crippen molar-refractivity contribution in [3.8, 4) is 5.75 Å². The topological polar surface area (TPSA) is 41.6 Å². The maximum atomic E-state index is 13.1. The maximum absolute atomic E-state index is 13.1. The molecule has 0 aromatic heterocycles. The Labute approximate surface area is 171 Å². The van der Waals surface area contributed by atoms with Crippen LogP contribution < -0.4 is 10.1 Å². The smallest absolute Gasteiger partial charge is 0.258 e. The zero-order chi connectivity index (χ0) is 20.3. The Bertz CT molecular complexity index is 1010. The number of carbonyl (C=O) groups is 1. The van der Waals surface area contributed by atoms with E-state index >= 15 is 0 Å². The summed E-state index contributed by atoms with van der Waals surface area (Å²) in [6, 6.07) is 25.6. The monoisotopic (exact) mass is 384 g/mol. The molecule has 4 nitrogen and oxygen atoms in total. The van der Waals surface area contributed by atoms with E-state index in [9.17, 15) is 4.79 Å². The van der Waals surface area contributed by atoms with E-state index in [1.54, 1.807) is 6.08 Å². The Morgan fingerprint density at radius 3 is 2.41 bits per heavy atom. The van der Waals surface area contributed by atoms with E-state index in [0.29, 0.717) is 18.7 Å². The lowest BCUT2D eigenvalue weighted by Gasteiger charge is -2.46.